The molecule has 2 heterocycles. The van der Waals surface area contributed by atoms with E-state index in [4.69, 9.17) is 18.9 Å². The Morgan fingerprint density at radius 2 is 1.65 bits per heavy atom. The number of likely N-dealkylation sites (N-methyl/N-ethyl adjacent to an activating group) is 1. The van der Waals surface area contributed by atoms with Gasteiger partial charge in [0.05, 0.1) is 24.8 Å². The summed E-state index contributed by atoms with van der Waals surface area (Å²) in [6, 6.07) is 18.6. The molecule has 1 spiro atoms. The number of nitrogens with zero attached hydrogens (tertiary/aromatic N) is 2. The molecule has 9 nitrogen and oxygen atoms in total. The highest BCUT2D eigenvalue weighted by Crippen LogP contribution is 2.58. The van der Waals surface area contributed by atoms with Gasteiger partial charge in [-0.25, -0.2) is 0 Å². The Bertz CT molecular complexity index is 1280. The third kappa shape index (κ3) is 3.12. The molecule has 1 amide bonds. The first-order valence-electron chi connectivity index (χ1n) is 10.6. The number of hydrogen-bond acceptors (Lipinski definition) is 7. The summed E-state index contributed by atoms with van der Waals surface area (Å²) in [5, 5.41) is 11.2. The fraction of sp³-hybridized carbons (Fsp3) is 0.240. The van der Waals surface area contributed by atoms with E-state index in [-0.39, 0.29) is 11.6 Å². The van der Waals surface area contributed by atoms with Gasteiger partial charge in [-0.2, -0.15) is 0 Å². The SMILES string of the molecule is COc1ccc([C@H]2O[C@H](c3ccc([N+](=O)[O-])cc3)[C@@]3(O2)C(=O)N(C)c2ccccc23)cc1OC. The van der Waals surface area contributed by atoms with Gasteiger partial charge in [-0.05, 0) is 35.9 Å². The van der Waals surface area contributed by atoms with Crippen LogP contribution in [0.2, 0.25) is 0 Å². The van der Waals surface area contributed by atoms with E-state index in [1.807, 2.05) is 24.3 Å². The van der Waals surface area contributed by atoms with E-state index in [2.05, 4.69) is 0 Å². The van der Waals surface area contributed by atoms with E-state index < -0.39 is 22.9 Å². The van der Waals surface area contributed by atoms with Crippen molar-refractivity contribution < 1.29 is 28.7 Å². The molecule has 2 aliphatic rings. The predicted molar refractivity (Wildman–Crippen MR) is 122 cm³/mol. The largest absolute Gasteiger partial charge is 0.493 e. The lowest BCUT2D eigenvalue weighted by Gasteiger charge is -2.27. The fourth-order valence-corrected chi connectivity index (χ4v) is 4.63. The molecule has 2 aliphatic heterocycles. The maximum absolute atomic E-state index is 13.7. The summed E-state index contributed by atoms with van der Waals surface area (Å²) in [7, 11) is 4.77. The molecule has 0 N–H and O–H groups in total. The van der Waals surface area contributed by atoms with Crippen molar-refractivity contribution in [1.82, 2.24) is 0 Å². The zero-order chi connectivity index (χ0) is 24.0. The molecule has 3 aromatic rings. The van der Waals surface area contributed by atoms with E-state index in [0.717, 1.165) is 5.69 Å². The maximum atomic E-state index is 13.7. The first kappa shape index (κ1) is 21.9. The fourth-order valence-electron chi connectivity index (χ4n) is 4.63. The minimum atomic E-state index is -1.46. The molecular weight excluding hydrogens is 440 g/mol. The highest BCUT2D eigenvalue weighted by atomic mass is 16.7. The van der Waals surface area contributed by atoms with Crippen molar-refractivity contribution in [2.75, 3.05) is 26.2 Å². The molecule has 9 heteroatoms. The van der Waals surface area contributed by atoms with Crippen LogP contribution in [0.25, 0.3) is 0 Å². The molecule has 0 aromatic heterocycles. The van der Waals surface area contributed by atoms with Crippen molar-refractivity contribution in [3.8, 4) is 11.5 Å². The molecule has 5 rings (SSSR count). The van der Waals surface area contributed by atoms with Gasteiger partial charge in [0.15, 0.2) is 17.8 Å². The van der Waals surface area contributed by atoms with Crippen molar-refractivity contribution in [3.63, 3.8) is 0 Å². The quantitative estimate of drug-likeness (QED) is 0.412. The summed E-state index contributed by atoms with van der Waals surface area (Å²) in [5.41, 5.74) is 1.11. The van der Waals surface area contributed by atoms with Gasteiger partial charge in [0.25, 0.3) is 11.6 Å². The molecule has 174 valence electrons. The topological polar surface area (TPSA) is 100 Å². The van der Waals surface area contributed by atoms with Crippen LogP contribution in [0.1, 0.15) is 29.1 Å². The Kier molecular flexibility index (Phi) is 5.22. The molecule has 3 atom stereocenters. The van der Waals surface area contributed by atoms with E-state index >= 15 is 0 Å². The van der Waals surface area contributed by atoms with E-state index in [1.54, 1.807) is 49.4 Å². The van der Waals surface area contributed by atoms with Crippen LogP contribution in [0.5, 0.6) is 11.5 Å². The average Bonchev–Trinajstić information content (AvgIpc) is 3.37. The molecule has 0 unspecified atom stereocenters. The first-order valence-corrected chi connectivity index (χ1v) is 10.6. The number of hydrogen-bond donors (Lipinski definition) is 0. The standard InChI is InChI=1S/C25H22N2O7/c1-26-19-7-5-4-6-18(19)25(24(26)28)22(15-8-11-17(12-9-15)27(29)30)33-23(34-25)16-10-13-20(31-2)21(14-16)32-3/h4-14,22-23H,1-3H3/t22-,23+,25-/m1/s1. The number of carbonyl (C=O) groups excluding carboxylic acids is 1. The Hall–Kier alpha value is -3.95. The first-order chi connectivity index (χ1) is 16.4. The Balaban J connectivity index is 1.64. The number of rotatable bonds is 5. The molecule has 0 bridgehead atoms. The number of ether oxygens (including phenoxy) is 4. The molecule has 3 aromatic carbocycles. The van der Waals surface area contributed by atoms with Crippen LogP contribution in [0.3, 0.4) is 0 Å². The molecule has 1 fully saturated rings. The second-order valence-corrected chi connectivity index (χ2v) is 8.05. The Morgan fingerprint density at radius 3 is 2.32 bits per heavy atom. The molecule has 34 heavy (non-hydrogen) atoms. The zero-order valence-electron chi connectivity index (χ0n) is 18.8. The molecule has 0 saturated carbocycles. The molecule has 0 radical (unpaired) electrons. The molecule has 0 aliphatic carbocycles. The highest BCUT2D eigenvalue weighted by molar-refractivity contribution is 6.07. The third-order valence-corrected chi connectivity index (χ3v) is 6.30. The van der Waals surface area contributed by atoms with Crippen LogP contribution in [-0.2, 0) is 19.9 Å². The summed E-state index contributed by atoms with van der Waals surface area (Å²) < 4.78 is 23.6. The number of anilines is 1. The van der Waals surface area contributed by atoms with Gasteiger partial charge in [0, 0.05) is 30.3 Å². The number of non-ortho nitro benzene ring substituents is 1. The van der Waals surface area contributed by atoms with Crippen molar-refractivity contribution in [3.05, 3.63) is 93.5 Å². The zero-order valence-corrected chi connectivity index (χ0v) is 18.8. The van der Waals surface area contributed by atoms with Gasteiger partial charge in [-0.3, -0.25) is 14.9 Å². The summed E-state index contributed by atoms with van der Waals surface area (Å²) in [5.74, 6) is 0.767. The lowest BCUT2D eigenvalue weighted by molar-refractivity contribution is -0.384. The lowest BCUT2D eigenvalue weighted by Crippen LogP contribution is -2.42. The van der Waals surface area contributed by atoms with Gasteiger partial charge in [0.2, 0.25) is 5.60 Å². The van der Waals surface area contributed by atoms with Crippen LogP contribution < -0.4 is 14.4 Å². The van der Waals surface area contributed by atoms with E-state index in [0.29, 0.717) is 28.2 Å². The summed E-state index contributed by atoms with van der Waals surface area (Å²) in [6.45, 7) is 0. The molecule has 1 saturated heterocycles. The third-order valence-electron chi connectivity index (χ3n) is 6.30. The number of benzene rings is 3. The van der Waals surface area contributed by atoms with Crippen LogP contribution in [0, 0.1) is 10.1 Å². The molecular formula is C25H22N2O7. The van der Waals surface area contributed by atoms with Crippen LogP contribution >= 0.6 is 0 Å². The number of carbonyl (C=O) groups is 1. The number of nitro groups is 1. The monoisotopic (exact) mass is 462 g/mol. The summed E-state index contributed by atoms with van der Waals surface area (Å²) in [6.07, 6.45) is -1.74. The van der Waals surface area contributed by atoms with Crippen molar-refractivity contribution in [2.45, 2.75) is 18.0 Å². The maximum Gasteiger partial charge on any atom is 0.269 e. The van der Waals surface area contributed by atoms with Gasteiger partial charge in [-0.1, -0.05) is 24.3 Å². The van der Waals surface area contributed by atoms with E-state index in [9.17, 15) is 14.9 Å². The average molecular weight is 462 g/mol. The van der Waals surface area contributed by atoms with Gasteiger partial charge in [-0.15, -0.1) is 0 Å². The Labute approximate surface area is 195 Å². The smallest absolute Gasteiger partial charge is 0.269 e. The van der Waals surface area contributed by atoms with Crippen LogP contribution in [0.4, 0.5) is 11.4 Å². The minimum Gasteiger partial charge on any atom is -0.493 e. The number of amides is 1. The second kappa shape index (κ2) is 8.12. The number of para-hydroxylation sites is 1. The van der Waals surface area contributed by atoms with Crippen LogP contribution in [0.15, 0.2) is 66.7 Å². The van der Waals surface area contributed by atoms with E-state index in [1.165, 1.54) is 19.2 Å². The van der Waals surface area contributed by atoms with Gasteiger partial charge < -0.3 is 23.8 Å². The second-order valence-electron chi connectivity index (χ2n) is 8.05. The normalized spacial score (nSPS) is 23.3. The van der Waals surface area contributed by atoms with Gasteiger partial charge in [0.1, 0.15) is 6.10 Å². The van der Waals surface area contributed by atoms with Crippen molar-refractivity contribution in [2.24, 2.45) is 0 Å². The highest BCUT2D eigenvalue weighted by Gasteiger charge is 2.63. The van der Waals surface area contributed by atoms with Gasteiger partial charge >= 0.3 is 0 Å². The minimum absolute atomic E-state index is 0.0524. The summed E-state index contributed by atoms with van der Waals surface area (Å²) >= 11 is 0. The van der Waals surface area contributed by atoms with Crippen molar-refractivity contribution in [1.29, 1.82) is 0 Å². The number of methoxy groups -OCH3 is 2. The Morgan fingerprint density at radius 1 is 0.971 bits per heavy atom. The van der Waals surface area contributed by atoms with Crippen LogP contribution in [-0.4, -0.2) is 32.1 Å². The number of nitro benzene ring substituents is 1. The number of fused-ring (bicyclic) bond motifs is 2. The summed E-state index contributed by atoms with van der Waals surface area (Å²) in [4.78, 5) is 26.0. The van der Waals surface area contributed by atoms with Crippen molar-refractivity contribution >= 4 is 17.3 Å². The lowest BCUT2D eigenvalue weighted by atomic mass is 9.85. The predicted octanol–water partition coefficient (Wildman–Crippen LogP) is 4.27.